The molecule has 106 valence electrons. The number of hydrogen-bond donors (Lipinski definition) is 1. The fourth-order valence-electron chi connectivity index (χ4n) is 2.26. The molecule has 0 aliphatic rings. The molecule has 5 nitrogen and oxygen atoms in total. The Morgan fingerprint density at radius 2 is 2.00 bits per heavy atom. The van der Waals surface area contributed by atoms with Gasteiger partial charge in [-0.05, 0) is 30.2 Å². The van der Waals surface area contributed by atoms with E-state index in [0.717, 1.165) is 18.7 Å². The van der Waals surface area contributed by atoms with Crippen LogP contribution in [-0.4, -0.2) is 28.6 Å². The van der Waals surface area contributed by atoms with Gasteiger partial charge in [0.25, 0.3) is 0 Å². The van der Waals surface area contributed by atoms with E-state index in [-0.39, 0.29) is 6.04 Å². The van der Waals surface area contributed by atoms with Crippen LogP contribution >= 0.6 is 0 Å². The smallest absolute Gasteiger partial charge is 0.237 e. The number of aromatic nitrogens is 3. The molecule has 0 aliphatic heterocycles. The summed E-state index contributed by atoms with van der Waals surface area (Å²) in [6.45, 7) is 5.02. The lowest BCUT2D eigenvalue weighted by Gasteiger charge is -2.21. The molecule has 1 atom stereocenters. The Morgan fingerprint density at radius 1 is 1.20 bits per heavy atom. The highest BCUT2D eigenvalue weighted by molar-refractivity contribution is 5.36. The van der Waals surface area contributed by atoms with E-state index in [4.69, 9.17) is 4.74 Å². The maximum atomic E-state index is 5.34. The van der Waals surface area contributed by atoms with Crippen molar-refractivity contribution in [2.45, 2.75) is 26.3 Å². The van der Waals surface area contributed by atoms with Gasteiger partial charge in [0.05, 0.1) is 13.2 Å². The van der Waals surface area contributed by atoms with Crippen LogP contribution in [0.4, 0.5) is 0 Å². The SMILES string of the molecule is CCNC(c1ccncc1CC)c1nccnc1OC. The van der Waals surface area contributed by atoms with Gasteiger partial charge >= 0.3 is 0 Å². The molecular formula is C15H20N4O. The van der Waals surface area contributed by atoms with E-state index in [1.54, 1.807) is 19.5 Å². The van der Waals surface area contributed by atoms with Crippen molar-refractivity contribution in [3.05, 3.63) is 47.7 Å². The molecule has 0 saturated heterocycles. The molecule has 2 aromatic rings. The van der Waals surface area contributed by atoms with E-state index in [1.165, 1.54) is 11.1 Å². The molecular weight excluding hydrogens is 252 g/mol. The Labute approximate surface area is 119 Å². The first kappa shape index (κ1) is 14.4. The van der Waals surface area contributed by atoms with Crippen molar-refractivity contribution in [3.8, 4) is 5.88 Å². The average molecular weight is 272 g/mol. The normalized spacial score (nSPS) is 12.2. The molecule has 0 radical (unpaired) electrons. The summed E-state index contributed by atoms with van der Waals surface area (Å²) in [6, 6.07) is 1.99. The number of ether oxygens (including phenoxy) is 1. The second-order valence-electron chi connectivity index (χ2n) is 4.37. The predicted molar refractivity (Wildman–Crippen MR) is 77.7 cm³/mol. The Balaban J connectivity index is 2.50. The molecule has 1 unspecified atom stereocenters. The molecule has 1 N–H and O–H groups in total. The van der Waals surface area contributed by atoms with Crippen molar-refractivity contribution in [2.75, 3.05) is 13.7 Å². The minimum atomic E-state index is -0.0402. The van der Waals surface area contributed by atoms with Gasteiger partial charge in [0, 0.05) is 24.8 Å². The lowest BCUT2D eigenvalue weighted by molar-refractivity contribution is 0.383. The van der Waals surface area contributed by atoms with Crippen LogP contribution in [0.1, 0.15) is 36.7 Å². The maximum absolute atomic E-state index is 5.34. The van der Waals surface area contributed by atoms with Crippen LogP contribution in [0.25, 0.3) is 0 Å². The number of methoxy groups -OCH3 is 1. The number of nitrogens with one attached hydrogen (secondary N) is 1. The quantitative estimate of drug-likeness (QED) is 0.873. The van der Waals surface area contributed by atoms with Gasteiger partial charge in [0.2, 0.25) is 5.88 Å². The van der Waals surface area contributed by atoms with Crippen LogP contribution in [-0.2, 0) is 6.42 Å². The standard InChI is InChI=1S/C15H20N4O/c1-4-11-10-16-7-6-12(11)13(17-5-2)14-15(20-3)19-9-8-18-14/h6-10,13,17H,4-5H2,1-3H3. The first-order chi connectivity index (χ1) is 9.81. The number of rotatable bonds is 6. The topological polar surface area (TPSA) is 59.9 Å². The Morgan fingerprint density at radius 3 is 2.70 bits per heavy atom. The third-order valence-electron chi connectivity index (χ3n) is 3.20. The molecule has 2 heterocycles. The van der Waals surface area contributed by atoms with Gasteiger partial charge < -0.3 is 10.1 Å². The first-order valence-corrected chi connectivity index (χ1v) is 6.82. The van der Waals surface area contributed by atoms with E-state index in [9.17, 15) is 0 Å². The first-order valence-electron chi connectivity index (χ1n) is 6.82. The van der Waals surface area contributed by atoms with Crippen LogP contribution in [0.2, 0.25) is 0 Å². The minimum absolute atomic E-state index is 0.0402. The van der Waals surface area contributed by atoms with Crippen molar-refractivity contribution < 1.29 is 4.74 Å². The molecule has 5 heteroatoms. The summed E-state index contributed by atoms with van der Waals surface area (Å²) in [4.78, 5) is 12.9. The van der Waals surface area contributed by atoms with Gasteiger partial charge in [-0.3, -0.25) is 9.97 Å². The molecule has 0 aliphatic carbocycles. The number of nitrogens with zero attached hydrogens (tertiary/aromatic N) is 3. The van der Waals surface area contributed by atoms with Crippen molar-refractivity contribution in [1.82, 2.24) is 20.3 Å². The average Bonchev–Trinajstić information content (AvgIpc) is 2.52. The van der Waals surface area contributed by atoms with Crippen molar-refractivity contribution in [3.63, 3.8) is 0 Å². The van der Waals surface area contributed by atoms with Gasteiger partial charge in [0.15, 0.2) is 0 Å². The molecule has 0 saturated carbocycles. The third-order valence-corrected chi connectivity index (χ3v) is 3.20. The minimum Gasteiger partial charge on any atom is -0.480 e. The molecule has 0 amide bonds. The Hall–Kier alpha value is -2.01. The number of pyridine rings is 1. The zero-order chi connectivity index (χ0) is 14.4. The summed E-state index contributed by atoms with van der Waals surface area (Å²) in [5.41, 5.74) is 3.17. The van der Waals surface area contributed by atoms with E-state index < -0.39 is 0 Å². The van der Waals surface area contributed by atoms with Crippen molar-refractivity contribution in [2.24, 2.45) is 0 Å². The second kappa shape index (κ2) is 6.96. The molecule has 0 spiro atoms. The third kappa shape index (κ3) is 2.93. The van der Waals surface area contributed by atoms with Crippen molar-refractivity contribution in [1.29, 1.82) is 0 Å². The largest absolute Gasteiger partial charge is 0.480 e. The van der Waals surface area contributed by atoms with Crippen LogP contribution in [0.5, 0.6) is 5.88 Å². The van der Waals surface area contributed by atoms with Gasteiger partial charge in [-0.2, -0.15) is 0 Å². The summed E-state index contributed by atoms with van der Waals surface area (Å²) in [5.74, 6) is 0.553. The fraction of sp³-hybridized carbons (Fsp3) is 0.400. The summed E-state index contributed by atoms with van der Waals surface area (Å²) < 4.78 is 5.34. The molecule has 2 rings (SSSR count). The molecule has 20 heavy (non-hydrogen) atoms. The Bertz CT molecular complexity index is 512. The van der Waals surface area contributed by atoms with E-state index >= 15 is 0 Å². The Kier molecular flexibility index (Phi) is 5.01. The van der Waals surface area contributed by atoms with E-state index in [1.807, 2.05) is 18.5 Å². The van der Waals surface area contributed by atoms with Gasteiger partial charge in [-0.25, -0.2) is 4.98 Å². The molecule has 0 fully saturated rings. The van der Waals surface area contributed by atoms with Crippen LogP contribution in [0.3, 0.4) is 0 Å². The molecule has 0 aromatic carbocycles. The predicted octanol–water partition coefficient (Wildman–Crippen LogP) is 2.14. The second-order valence-corrected chi connectivity index (χ2v) is 4.37. The van der Waals surface area contributed by atoms with Crippen LogP contribution in [0, 0.1) is 0 Å². The maximum Gasteiger partial charge on any atom is 0.237 e. The monoisotopic (exact) mass is 272 g/mol. The van der Waals surface area contributed by atoms with Gasteiger partial charge in [-0.1, -0.05) is 13.8 Å². The zero-order valence-corrected chi connectivity index (χ0v) is 12.1. The lowest BCUT2D eigenvalue weighted by atomic mass is 9.98. The number of hydrogen-bond acceptors (Lipinski definition) is 5. The van der Waals surface area contributed by atoms with Crippen LogP contribution in [0.15, 0.2) is 30.9 Å². The highest BCUT2D eigenvalue weighted by Crippen LogP contribution is 2.28. The zero-order valence-electron chi connectivity index (χ0n) is 12.1. The summed E-state index contributed by atoms with van der Waals surface area (Å²) in [6.07, 6.45) is 7.96. The van der Waals surface area contributed by atoms with E-state index in [0.29, 0.717) is 5.88 Å². The summed E-state index contributed by atoms with van der Waals surface area (Å²) in [7, 11) is 1.61. The lowest BCUT2D eigenvalue weighted by Crippen LogP contribution is -2.25. The highest BCUT2D eigenvalue weighted by Gasteiger charge is 2.21. The number of aryl methyl sites for hydroxylation is 1. The summed E-state index contributed by atoms with van der Waals surface area (Å²) >= 11 is 0. The van der Waals surface area contributed by atoms with Crippen LogP contribution < -0.4 is 10.1 Å². The van der Waals surface area contributed by atoms with Gasteiger partial charge in [-0.15, -0.1) is 0 Å². The molecule has 0 bridgehead atoms. The summed E-state index contributed by atoms with van der Waals surface area (Å²) in [5, 5.41) is 3.45. The fourth-order valence-corrected chi connectivity index (χ4v) is 2.26. The molecule has 2 aromatic heterocycles. The highest BCUT2D eigenvalue weighted by atomic mass is 16.5. The van der Waals surface area contributed by atoms with Gasteiger partial charge in [0.1, 0.15) is 5.69 Å². The van der Waals surface area contributed by atoms with Crippen molar-refractivity contribution >= 4 is 0 Å². The van der Waals surface area contributed by atoms with E-state index in [2.05, 4.69) is 34.1 Å².